The molecule has 176 valence electrons. The van der Waals surface area contributed by atoms with E-state index in [2.05, 4.69) is 27.7 Å². The Morgan fingerprint density at radius 3 is 2.48 bits per heavy atom. The van der Waals surface area contributed by atoms with Crippen LogP contribution in [0.15, 0.2) is 54.6 Å². The summed E-state index contributed by atoms with van der Waals surface area (Å²) in [5.74, 6) is 1.23. The lowest BCUT2D eigenvalue weighted by molar-refractivity contribution is -0.128. The van der Waals surface area contributed by atoms with Gasteiger partial charge in [-0.25, -0.2) is 0 Å². The highest BCUT2D eigenvalue weighted by molar-refractivity contribution is 5.80. The number of methoxy groups -OCH3 is 1. The van der Waals surface area contributed by atoms with Crippen LogP contribution < -0.4 is 15.4 Å². The average Bonchev–Trinajstić information content (AvgIpc) is 3.23. The van der Waals surface area contributed by atoms with Crippen LogP contribution in [0.2, 0.25) is 0 Å². The normalized spacial score (nSPS) is 19.5. The number of nitrogens with zero attached hydrogens (tertiary/aromatic N) is 1. The van der Waals surface area contributed by atoms with E-state index in [1.54, 1.807) is 7.11 Å². The summed E-state index contributed by atoms with van der Waals surface area (Å²) in [5.41, 5.74) is 2.14. The number of carbonyl (C=O) groups excluding carboxylic acids is 2. The van der Waals surface area contributed by atoms with Crippen molar-refractivity contribution in [3.05, 3.63) is 65.7 Å². The van der Waals surface area contributed by atoms with Crippen LogP contribution in [0.1, 0.15) is 49.3 Å². The first-order chi connectivity index (χ1) is 16.1. The highest BCUT2D eigenvalue weighted by atomic mass is 16.5. The zero-order valence-corrected chi connectivity index (χ0v) is 19.5. The molecule has 6 nitrogen and oxygen atoms in total. The number of benzene rings is 2. The van der Waals surface area contributed by atoms with Gasteiger partial charge < -0.3 is 20.3 Å². The third-order valence-electron chi connectivity index (χ3n) is 6.89. The van der Waals surface area contributed by atoms with Gasteiger partial charge in [0, 0.05) is 31.6 Å². The maximum absolute atomic E-state index is 12.6. The molecule has 0 radical (unpaired) electrons. The summed E-state index contributed by atoms with van der Waals surface area (Å²) >= 11 is 0. The van der Waals surface area contributed by atoms with Crippen molar-refractivity contribution in [2.24, 2.45) is 5.92 Å². The largest absolute Gasteiger partial charge is 0.497 e. The molecule has 2 aromatic rings. The van der Waals surface area contributed by atoms with E-state index < -0.39 is 0 Å². The molecule has 1 saturated carbocycles. The van der Waals surface area contributed by atoms with Gasteiger partial charge in [-0.2, -0.15) is 0 Å². The number of likely N-dealkylation sites (tertiary alicyclic amines) is 1. The maximum Gasteiger partial charge on any atom is 0.224 e. The second kappa shape index (κ2) is 11.3. The summed E-state index contributed by atoms with van der Waals surface area (Å²) in [6.07, 6.45) is 5.39. The summed E-state index contributed by atoms with van der Waals surface area (Å²) in [6.45, 7) is 2.72. The quantitative estimate of drug-likeness (QED) is 0.583. The molecular weight excluding hydrogens is 414 g/mol. The van der Waals surface area contributed by atoms with Crippen molar-refractivity contribution in [2.45, 2.75) is 50.6 Å². The van der Waals surface area contributed by atoms with Gasteiger partial charge in [-0.15, -0.1) is 0 Å². The SMILES string of the molecule is COc1ccc(CC(=O)N[C@H]2CCN(CCC(NC(=O)C3CCC3)c3ccccc3)C2)cc1. The van der Waals surface area contributed by atoms with Crippen molar-refractivity contribution < 1.29 is 14.3 Å². The summed E-state index contributed by atoms with van der Waals surface area (Å²) in [6, 6.07) is 18.1. The van der Waals surface area contributed by atoms with Crippen LogP contribution >= 0.6 is 0 Å². The van der Waals surface area contributed by atoms with Crippen molar-refractivity contribution in [3.8, 4) is 5.75 Å². The summed E-state index contributed by atoms with van der Waals surface area (Å²) in [4.78, 5) is 27.5. The predicted molar refractivity (Wildman–Crippen MR) is 129 cm³/mol. The van der Waals surface area contributed by atoms with Gasteiger partial charge in [-0.05, 0) is 48.9 Å². The topological polar surface area (TPSA) is 70.7 Å². The van der Waals surface area contributed by atoms with Gasteiger partial charge in [0.25, 0.3) is 0 Å². The molecule has 0 spiro atoms. The minimum absolute atomic E-state index is 0.0306. The molecule has 1 heterocycles. The smallest absolute Gasteiger partial charge is 0.224 e. The molecule has 0 bridgehead atoms. The van der Waals surface area contributed by atoms with E-state index in [0.29, 0.717) is 6.42 Å². The summed E-state index contributed by atoms with van der Waals surface area (Å²) < 4.78 is 5.17. The molecule has 4 rings (SSSR count). The lowest BCUT2D eigenvalue weighted by atomic mass is 9.84. The first-order valence-electron chi connectivity index (χ1n) is 12.1. The van der Waals surface area contributed by atoms with Crippen molar-refractivity contribution >= 4 is 11.8 Å². The monoisotopic (exact) mass is 449 g/mol. The van der Waals surface area contributed by atoms with E-state index >= 15 is 0 Å². The van der Waals surface area contributed by atoms with Gasteiger partial charge in [0.1, 0.15) is 5.75 Å². The number of hydrogen-bond acceptors (Lipinski definition) is 4. The van der Waals surface area contributed by atoms with Gasteiger partial charge >= 0.3 is 0 Å². The zero-order chi connectivity index (χ0) is 23.0. The van der Waals surface area contributed by atoms with Gasteiger partial charge in [-0.3, -0.25) is 9.59 Å². The Labute approximate surface area is 196 Å². The molecule has 2 fully saturated rings. The molecule has 1 aliphatic carbocycles. The third kappa shape index (κ3) is 6.57. The molecule has 1 unspecified atom stereocenters. The van der Waals surface area contributed by atoms with Crippen LogP contribution in [0.5, 0.6) is 5.75 Å². The van der Waals surface area contributed by atoms with Crippen molar-refractivity contribution in [2.75, 3.05) is 26.7 Å². The van der Waals surface area contributed by atoms with Crippen molar-refractivity contribution in [3.63, 3.8) is 0 Å². The minimum atomic E-state index is 0.0306. The van der Waals surface area contributed by atoms with Gasteiger partial charge in [0.05, 0.1) is 19.6 Å². The number of carbonyl (C=O) groups is 2. The second-order valence-corrected chi connectivity index (χ2v) is 9.27. The number of hydrogen-bond donors (Lipinski definition) is 2. The Hall–Kier alpha value is -2.86. The fourth-order valence-electron chi connectivity index (χ4n) is 4.64. The van der Waals surface area contributed by atoms with Crippen LogP contribution in [-0.2, 0) is 16.0 Å². The highest BCUT2D eigenvalue weighted by Gasteiger charge is 2.28. The van der Waals surface area contributed by atoms with Gasteiger partial charge in [0.15, 0.2) is 0 Å². The standard InChI is InChI=1S/C27H35N3O3/c1-33-24-12-10-20(11-13-24)18-26(31)28-23-14-16-30(19-23)17-15-25(21-6-3-2-4-7-21)29-27(32)22-8-5-9-22/h2-4,6-7,10-13,22-23,25H,5,8-9,14-19H2,1H3,(H,28,31)(H,29,32)/t23-,25?/m0/s1. The van der Waals surface area contributed by atoms with E-state index in [1.165, 1.54) is 0 Å². The molecule has 1 aliphatic heterocycles. The summed E-state index contributed by atoms with van der Waals surface area (Å²) in [7, 11) is 1.64. The molecule has 2 amide bonds. The molecule has 33 heavy (non-hydrogen) atoms. The fraction of sp³-hybridized carbons (Fsp3) is 0.481. The Morgan fingerprint density at radius 1 is 1.06 bits per heavy atom. The molecule has 6 heteroatoms. The number of rotatable bonds is 10. The zero-order valence-electron chi connectivity index (χ0n) is 19.5. The molecule has 0 aromatic heterocycles. The molecule has 2 N–H and O–H groups in total. The second-order valence-electron chi connectivity index (χ2n) is 9.27. The van der Waals surface area contributed by atoms with Crippen molar-refractivity contribution in [1.82, 2.24) is 15.5 Å². The van der Waals surface area contributed by atoms with E-state index in [9.17, 15) is 9.59 Å². The van der Waals surface area contributed by atoms with E-state index in [0.717, 1.165) is 68.6 Å². The molecule has 2 aliphatic rings. The van der Waals surface area contributed by atoms with Crippen LogP contribution in [0.3, 0.4) is 0 Å². The predicted octanol–water partition coefficient (Wildman–Crippen LogP) is 3.48. The lowest BCUT2D eigenvalue weighted by Crippen LogP contribution is -2.39. The number of amides is 2. The highest BCUT2D eigenvalue weighted by Crippen LogP contribution is 2.28. The number of nitrogens with one attached hydrogen (secondary N) is 2. The molecule has 2 atom stereocenters. The maximum atomic E-state index is 12.6. The van der Waals surface area contributed by atoms with Crippen LogP contribution in [0, 0.1) is 5.92 Å². The third-order valence-corrected chi connectivity index (χ3v) is 6.89. The lowest BCUT2D eigenvalue weighted by Gasteiger charge is -2.28. The summed E-state index contributed by atoms with van der Waals surface area (Å²) in [5, 5.41) is 6.48. The molecule has 2 aromatic carbocycles. The minimum Gasteiger partial charge on any atom is -0.497 e. The van der Waals surface area contributed by atoms with Gasteiger partial charge in [-0.1, -0.05) is 48.9 Å². The number of ether oxygens (including phenoxy) is 1. The van der Waals surface area contributed by atoms with E-state index in [-0.39, 0.29) is 29.8 Å². The Morgan fingerprint density at radius 2 is 1.82 bits per heavy atom. The van der Waals surface area contributed by atoms with Crippen LogP contribution in [0.25, 0.3) is 0 Å². The van der Waals surface area contributed by atoms with Gasteiger partial charge in [0.2, 0.25) is 11.8 Å². The van der Waals surface area contributed by atoms with E-state index in [1.807, 2.05) is 42.5 Å². The molecular formula is C27H35N3O3. The van der Waals surface area contributed by atoms with E-state index in [4.69, 9.17) is 4.74 Å². The molecule has 1 saturated heterocycles. The Bertz CT molecular complexity index is 912. The Kier molecular flexibility index (Phi) is 8.00. The van der Waals surface area contributed by atoms with Crippen molar-refractivity contribution in [1.29, 1.82) is 0 Å². The first kappa shape index (κ1) is 23.3. The van der Waals surface area contributed by atoms with Crippen LogP contribution in [0.4, 0.5) is 0 Å². The van der Waals surface area contributed by atoms with Crippen LogP contribution in [-0.4, -0.2) is 49.5 Å². The first-order valence-corrected chi connectivity index (χ1v) is 12.1. The Balaban J connectivity index is 1.24. The average molecular weight is 450 g/mol. The fourth-order valence-corrected chi connectivity index (χ4v) is 4.64.